The molecule has 2 aromatic heterocycles. The lowest BCUT2D eigenvalue weighted by atomic mass is 9.77. The molecule has 1 atom stereocenters. The van der Waals surface area contributed by atoms with E-state index < -0.39 is 23.8 Å². The smallest absolute Gasteiger partial charge is 0.262 e. The highest BCUT2D eigenvalue weighted by molar-refractivity contribution is 6.23. The van der Waals surface area contributed by atoms with Crippen molar-refractivity contribution < 1.29 is 23.6 Å². The van der Waals surface area contributed by atoms with Crippen molar-refractivity contribution in [1.29, 1.82) is 0 Å². The quantitative estimate of drug-likeness (QED) is 0.436. The first-order chi connectivity index (χ1) is 19.8. The molecule has 1 saturated heterocycles. The van der Waals surface area contributed by atoms with Gasteiger partial charge in [0.05, 0.1) is 34.3 Å². The summed E-state index contributed by atoms with van der Waals surface area (Å²) in [5.74, 6) is -1.28. The maximum Gasteiger partial charge on any atom is 0.262 e. The predicted molar refractivity (Wildman–Crippen MR) is 145 cm³/mol. The zero-order valence-electron chi connectivity index (χ0n) is 22.7. The van der Waals surface area contributed by atoms with E-state index >= 15 is 0 Å². The van der Waals surface area contributed by atoms with E-state index in [9.17, 15) is 23.6 Å². The van der Waals surface area contributed by atoms with Gasteiger partial charge in [-0.3, -0.25) is 34.1 Å². The van der Waals surface area contributed by atoms with Crippen molar-refractivity contribution >= 4 is 23.6 Å². The molecule has 4 aliphatic rings. The van der Waals surface area contributed by atoms with E-state index in [1.165, 1.54) is 6.07 Å². The van der Waals surface area contributed by atoms with Crippen LogP contribution in [0.15, 0.2) is 36.5 Å². The summed E-state index contributed by atoms with van der Waals surface area (Å²) in [4.78, 5) is 55.3. The Labute approximate surface area is 236 Å². The second kappa shape index (κ2) is 9.71. The summed E-state index contributed by atoms with van der Waals surface area (Å²) in [6.45, 7) is 1.68. The molecule has 210 valence electrons. The topological polar surface area (TPSA) is 114 Å². The zero-order valence-corrected chi connectivity index (χ0v) is 22.7. The third-order valence-corrected chi connectivity index (χ3v) is 8.95. The van der Waals surface area contributed by atoms with E-state index in [4.69, 9.17) is 5.10 Å². The monoisotopic (exact) mass is 555 g/mol. The summed E-state index contributed by atoms with van der Waals surface area (Å²) < 4.78 is 15.9. The van der Waals surface area contributed by atoms with E-state index in [0.29, 0.717) is 34.7 Å². The molecule has 0 spiro atoms. The van der Waals surface area contributed by atoms with Crippen molar-refractivity contribution in [2.45, 2.75) is 76.3 Å². The summed E-state index contributed by atoms with van der Waals surface area (Å²) in [6.07, 6.45) is 8.31. The van der Waals surface area contributed by atoms with Gasteiger partial charge in [0.15, 0.2) is 0 Å². The van der Waals surface area contributed by atoms with Crippen LogP contribution in [0.25, 0.3) is 11.3 Å². The summed E-state index contributed by atoms with van der Waals surface area (Å²) >= 11 is 0. The lowest BCUT2D eigenvalue weighted by Crippen LogP contribution is -2.54. The van der Waals surface area contributed by atoms with Crippen molar-refractivity contribution in [1.82, 2.24) is 25.0 Å². The molecule has 1 aromatic carbocycles. The van der Waals surface area contributed by atoms with Crippen LogP contribution in [0.5, 0.6) is 0 Å². The second-order valence-corrected chi connectivity index (χ2v) is 11.8. The largest absolute Gasteiger partial charge is 0.295 e. The van der Waals surface area contributed by atoms with Crippen LogP contribution < -0.4 is 5.32 Å². The number of amides is 4. The second-order valence-electron chi connectivity index (χ2n) is 11.8. The highest BCUT2D eigenvalue weighted by atomic mass is 19.1. The Bertz CT molecular complexity index is 1620. The van der Waals surface area contributed by atoms with E-state index in [0.717, 1.165) is 65.9 Å². The van der Waals surface area contributed by atoms with Gasteiger partial charge in [0.25, 0.3) is 11.8 Å². The number of nitrogens with one attached hydrogen (secondary N) is 1. The number of benzene rings is 1. The van der Waals surface area contributed by atoms with Crippen LogP contribution in [0.2, 0.25) is 0 Å². The van der Waals surface area contributed by atoms with Crippen LogP contribution in [0.4, 0.5) is 4.39 Å². The maximum atomic E-state index is 13.8. The first-order valence-electron chi connectivity index (χ1n) is 14.3. The Kier molecular flexibility index (Phi) is 6.10. The number of hydrogen-bond acceptors (Lipinski definition) is 6. The molecule has 7 rings (SSSR count). The molecule has 9 nitrogen and oxygen atoms in total. The molecule has 0 bridgehead atoms. The Morgan fingerprint density at radius 1 is 0.976 bits per heavy atom. The van der Waals surface area contributed by atoms with Crippen LogP contribution in [0.3, 0.4) is 0 Å². The standard InChI is InChI=1S/C31H30FN5O4/c1-16-24(32)8-9-25(33-16)23-15-36(35-28(23)19-5-6-19)20-12-18(13-20)3-2-17-4-7-21-22(14-17)31(41)37(30(21)40)26-10-11-27(38)34-29(26)39/h4,7-9,14-15,18-20,26H,2-3,5-6,10-13H2,1H3,(H,34,38,39)/t18-,20-,26?. The molecule has 4 amide bonds. The number of aryl methyl sites for hydroxylation is 2. The molecule has 4 heterocycles. The van der Waals surface area contributed by atoms with Crippen molar-refractivity contribution in [3.63, 3.8) is 0 Å². The van der Waals surface area contributed by atoms with Crippen LogP contribution in [-0.2, 0) is 16.0 Å². The minimum absolute atomic E-state index is 0.0992. The molecular weight excluding hydrogens is 525 g/mol. The normalized spacial score (nSPS) is 24.0. The Morgan fingerprint density at radius 3 is 2.49 bits per heavy atom. The molecule has 2 aliphatic carbocycles. The molecule has 10 heteroatoms. The van der Waals surface area contributed by atoms with Crippen LogP contribution in [0, 0.1) is 18.7 Å². The molecular formula is C31H30FN5O4. The van der Waals surface area contributed by atoms with Crippen LogP contribution in [-0.4, -0.2) is 49.3 Å². The van der Waals surface area contributed by atoms with Gasteiger partial charge in [-0.05, 0) is 87.6 Å². The van der Waals surface area contributed by atoms with Crippen LogP contribution >= 0.6 is 0 Å². The third kappa shape index (κ3) is 4.55. The minimum Gasteiger partial charge on any atom is -0.295 e. The summed E-state index contributed by atoms with van der Waals surface area (Å²) in [5, 5.41) is 7.17. The van der Waals surface area contributed by atoms with Gasteiger partial charge in [-0.25, -0.2) is 9.37 Å². The van der Waals surface area contributed by atoms with Crippen molar-refractivity contribution in [2.24, 2.45) is 5.92 Å². The molecule has 3 fully saturated rings. The summed E-state index contributed by atoms with van der Waals surface area (Å²) in [7, 11) is 0. The van der Waals surface area contributed by atoms with E-state index in [1.54, 1.807) is 25.1 Å². The van der Waals surface area contributed by atoms with Crippen molar-refractivity contribution in [3.05, 3.63) is 70.4 Å². The SMILES string of the molecule is Cc1nc(-c2cn([C@H]3C[C@H](CCc4ccc5c(c4)C(=O)N(C4CCC(=O)NC4=O)C5=O)C3)nc2C2CC2)ccc1F. The van der Waals surface area contributed by atoms with E-state index in [-0.39, 0.29) is 24.6 Å². The Morgan fingerprint density at radius 2 is 1.76 bits per heavy atom. The van der Waals surface area contributed by atoms with Crippen molar-refractivity contribution in [3.8, 4) is 11.3 Å². The number of carbonyl (C=O) groups excluding carboxylic acids is 4. The number of hydrogen-bond donors (Lipinski definition) is 1. The maximum absolute atomic E-state index is 13.8. The minimum atomic E-state index is -0.957. The fourth-order valence-electron chi connectivity index (χ4n) is 6.34. The molecule has 41 heavy (non-hydrogen) atoms. The van der Waals surface area contributed by atoms with Gasteiger partial charge in [-0.2, -0.15) is 5.10 Å². The highest BCUT2D eigenvalue weighted by Gasteiger charge is 2.44. The average molecular weight is 556 g/mol. The molecule has 3 aromatic rings. The summed E-state index contributed by atoms with van der Waals surface area (Å²) in [6, 6.07) is 7.90. The first-order valence-corrected chi connectivity index (χ1v) is 14.3. The lowest BCUT2D eigenvalue weighted by Gasteiger charge is -2.35. The number of halogens is 1. The third-order valence-electron chi connectivity index (χ3n) is 8.95. The molecule has 1 unspecified atom stereocenters. The van der Waals surface area contributed by atoms with Gasteiger partial charge in [0.2, 0.25) is 11.8 Å². The Balaban J connectivity index is 0.991. The molecule has 2 aliphatic heterocycles. The van der Waals surface area contributed by atoms with E-state index in [2.05, 4.69) is 21.2 Å². The van der Waals surface area contributed by atoms with Crippen molar-refractivity contribution in [2.75, 3.05) is 0 Å². The lowest BCUT2D eigenvalue weighted by molar-refractivity contribution is -0.136. The van der Waals surface area contributed by atoms with Crippen LogP contribution in [0.1, 0.15) is 94.6 Å². The number of fused-ring (bicyclic) bond motifs is 1. The van der Waals surface area contributed by atoms with Gasteiger partial charge in [0.1, 0.15) is 11.9 Å². The number of rotatable bonds is 7. The number of pyridine rings is 1. The molecule has 1 N–H and O–H groups in total. The van der Waals surface area contributed by atoms with E-state index in [1.807, 2.05) is 6.07 Å². The van der Waals surface area contributed by atoms with Gasteiger partial charge in [-0.1, -0.05) is 6.07 Å². The highest BCUT2D eigenvalue weighted by Crippen LogP contribution is 2.46. The molecule has 0 radical (unpaired) electrons. The van der Waals surface area contributed by atoms with Gasteiger partial charge in [-0.15, -0.1) is 0 Å². The summed E-state index contributed by atoms with van der Waals surface area (Å²) in [5.41, 5.74) is 4.84. The number of carbonyl (C=O) groups is 4. The van der Waals surface area contributed by atoms with Gasteiger partial charge in [0, 0.05) is 24.1 Å². The number of imide groups is 2. The zero-order chi connectivity index (χ0) is 28.4. The first kappa shape index (κ1) is 25.7. The Hall–Kier alpha value is -4.21. The fraction of sp³-hybridized carbons (Fsp3) is 0.419. The number of piperidine rings is 1. The number of aromatic nitrogens is 3. The predicted octanol–water partition coefficient (Wildman–Crippen LogP) is 4.26. The van der Waals surface area contributed by atoms with Gasteiger partial charge < -0.3 is 0 Å². The molecule has 2 saturated carbocycles. The fourth-order valence-corrected chi connectivity index (χ4v) is 6.34. The van der Waals surface area contributed by atoms with Gasteiger partial charge >= 0.3 is 0 Å². The average Bonchev–Trinajstić information content (AvgIpc) is 3.63. The number of nitrogens with zero attached hydrogens (tertiary/aromatic N) is 4.